The van der Waals surface area contributed by atoms with Gasteiger partial charge in [-0.05, 0) is 36.3 Å². The van der Waals surface area contributed by atoms with Crippen molar-refractivity contribution in [3.63, 3.8) is 0 Å². The van der Waals surface area contributed by atoms with Crippen LogP contribution in [-0.2, 0) is 14.4 Å². The molecule has 0 aromatic heterocycles. The zero-order chi connectivity index (χ0) is 19.8. The lowest BCUT2D eigenvalue weighted by Crippen LogP contribution is -2.45. The molecule has 0 aliphatic carbocycles. The molecule has 2 rings (SSSR count). The van der Waals surface area contributed by atoms with Gasteiger partial charge in [0.15, 0.2) is 0 Å². The van der Waals surface area contributed by atoms with Crippen LogP contribution in [0.15, 0.2) is 40.4 Å². The predicted octanol–water partition coefficient (Wildman–Crippen LogP) is 3.41. The number of carboxylic acids is 1. The lowest BCUT2D eigenvalue weighted by molar-refractivity contribution is -0.144. The summed E-state index contributed by atoms with van der Waals surface area (Å²) in [5.74, 6) is -0.568. The number of hydrogen-bond acceptors (Lipinski definition) is 5. The van der Waals surface area contributed by atoms with E-state index in [1.54, 1.807) is 0 Å². The van der Waals surface area contributed by atoms with E-state index in [1.807, 2.05) is 31.2 Å². The summed E-state index contributed by atoms with van der Waals surface area (Å²) in [4.78, 5) is 37.2. The Kier molecular flexibility index (Phi) is 8.24. The molecule has 2 N–H and O–H groups in total. The zero-order valence-electron chi connectivity index (χ0n) is 15.2. The Balaban J connectivity index is 1.99. The third-order valence-electron chi connectivity index (χ3n) is 4.16. The Morgan fingerprint density at radius 2 is 2.00 bits per heavy atom. The summed E-state index contributed by atoms with van der Waals surface area (Å²) in [6, 6.07) is 7.41. The second-order valence-electron chi connectivity index (χ2n) is 6.18. The number of β-lactam (4-membered cyclic amide) rings is 1. The van der Waals surface area contributed by atoms with Crippen LogP contribution in [0.4, 0.5) is 5.69 Å². The fourth-order valence-electron chi connectivity index (χ4n) is 2.56. The topological polar surface area (TPSA) is 86.7 Å². The van der Waals surface area contributed by atoms with Gasteiger partial charge in [0, 0.05) is 41.5 Å². The molecule has 2 amide bonds. The second kappa shape index (κ2) is 10.4. The average molecular weight is 409 g/mol. The van der Waals surface area contributed by atoms with Crippen molar-refractivity contribution in [2.24, 2.45) is 0 Å². The summed E-state index contributed by atoms with van der Waals surface area (Å²) in [6.07, 6.45) is 2.74. The SMILES string of the molecule is CCCCC(=O)Nc1ccc(SC/C(CS)=C(\C(=O)O)N2CCC2=O)cc1. The van der Waals surface area contributed by atoms with Gasteiger partial charge in [0.1, 0.15) is 5.70 Å². The normalized spacial score (nSPS) is 14.4. The number of anilines is 1. The standard InChI is InChI=1S/C19H24N2O4S2/c1-2-3-4-16(22)20-14-5-7-15(8-6-14)27-12-13(11-26)18(19(24)25)21-10-9-17(21)23/h5-8,26H,2-4,9-12H2,1H3,(H,20,22)(H,24,25)/b18-13+. The number of amides is 2. The first kappa shape index (κ1) is 21.4. The maximum atomic E-state index is 11.8. The molecule has 0 radical (unpaired) electrons. The number of carboxylic acid groups (broad SMARTS) is 1. The summed E-state index contributed by atoms with van der Waals surface area (Å²) in [7, 11) is 0. The zero-order valence-corrected chi connectivity index (χ0v) is 16.9. The largest absolute Gasteiger partial charge is 0.477 e. The molecule has 0 bridgehead atoms. The van der Waals surface area contributed by atoms with E-state index in [0.29, 0.717) is 30.7 Å². The highest BCUT2D eigenvalue weighted by atomic mass is 32.2. The molecule has 0 atom stereocenters. The molecular formula is C19H24N2O4S2. The highest BCUT2D eigenvalue weighted by molar-refractivity contribution is 7.99. The third-order valence-corrected chi connectivity index (χ3v) is 5.64. The van der Waals surface area contributed by atoms with Gasteiger partial charge >= 0.3 is 5.97 Å². The van der Waals surface area contributed by atoms with Crippen molar-refractivity contribution in [3.8, 4) is 0 Å². The number of benzene rings is 1. The molecule has 6 nitrogen and oxygen atoms in total. The number of unbranched alkanes of at least 4 members (excludes halogenated alkanes) is 1. The van der Waals surface area contributed by atoms with Crippen molar-refractivity contribution in [2.75, 3.05) is 23.4 Å². The molecule has 0 saturated carbocycles. The summed E-state index contributed by atoms with van der Waals surface area (Å²) >= 11 is 5.72. The van der Waals surface area contributed by atoms with E-state index in [0.717, 1.165) is 23.4 Å². The summed E-state index contributed by atoms with van der Waals surface area (Å²) in [5.41, 5.74) is 1.40. The van der Waals surface area contributed by atoms with Gasteiger partial charge in [-0.3, -0.25) is 9.59 Å². The molecule has 8 heteroatoms. The van der Waals surface area contributed by atoms with Gasteiger partial charge in [-0.25, -0.2) is 4.79 Å². The molecule has 1 aliphatic heterocycles. The van der Waals surface area contributed by atoms with E-state index < -0.39 is 5.97 Å². The number of carbonyl (C=O) groups is 3. The van der Waals surface area contributed by atoms with Gasteiger partial charge < -0.3 is 15.3 Å². The Hall–Kier alpha value is -1.93. The first-order valence-corrected chi connectivity index (χ1v) is 10.5. The molecule has 27 heavy (non-hydrogen) atoms. The quantitative estimate of drug-likeness (QED) is 0.239. The van der Waals surface area contributed by atoms with Gasteiger partial charge in [0.25, 0.3) is 0 Å². The van der Waals surface area contributed by atoms with Crippen molar-refractivity contribution in [2.45, 2.75) is 37.5 Å². The van der Waals surface area contributed by atoms with Crippen LogP contribution in [0.2, 0.25) is 0 Å². The van der Waals surface area contributed by atoms with Gasteiger partial charge in [-0.15, -0.1) is 11.8 Å². The van der Waals surface area contributed by atoms with Crippen LogP contribution < -0.4 is 5.32 Å². The predicted molar refractivity (Wildman–Crippen MR) is 110 cm³/mol. The Labute approximate surface area is 168 Å². The fraction of sp³-hybridized carbons (Fsp3) is 0.421. The second-order valence-corrected chi connectivity index (χ2v) is 7.54. The van der Waals surface area contributed by atoms with E-state index in [1.165, 1.54) is 16.7 Å². The lowest BCUT2D eigenvalue weighted by atomic mass is 10.1. The fourth-order valence-corrected chi connectivity index (χ4v) is 3.88. The molecule has 1 aliphatic rings. The molecule has 1 aromatic carbocycles. The number of nitrogens with one attached hydrogen (secondary N) is 1. The van der Waals surface area contributed by atoms with Crippen LogP contribution >= 0.6 is 24.4 Å². The highest BCUT2D eigenvalue weighted by Crippen LogP contribution is 2.27. The monoisotopic (exact) mass is 408 g/mol. The molecule has 1 aromatic rings. The highest BCUT2D eigenvalue weighted by Gasteiger charge is 2.32. The molecule has 0 spiro atoms. The van der Waals surface area contributed by atoms with Gasteiger partial charge in [-0.1, -0.05) is 13.3 Å². The van der Waals surface area contributed by atoms with Gasteiger partial charge in [0.05, 0.1) is 0 Å². The number of thiol groups is 1. The van der Waals surface area contributed by atoms with Crippen LogP contribution in [0, 0.1) is 0 Å². The van der Waals surface area contributed by atoms with Crippen LogP contribution in [0.5, 0.6) is 0 Å². The number of aliphatic carboxylic acids is 1. The average Bonchev–Trinajstić information content (AvgIpc) is 2.65. The van der Waals surface area contributed by atoms with Crippen molar-refractivity contribution >= 4 is 47.9 Å². The number of hydrogen-bond donors (Lipinski definition) is 3. The van der Waals surface area contributed by atoms with Gasteiger partial charge in [-0.2, -0.15) is 12.6 Å². The number of nitrogens with zero attached hydrogens (tertiary/aromatic N) is 1. The van der Waals surface area contributed by atoms with E-state index in [9.17, 15) is 19.5 Å². The Bertz CT molecular complexity index is 732. The number of rotatable bonds is 10. The van der Waals surface area contributed by atoms with E-state index in [2.05, 4.69) is 17.9 Å². The molecule has 1 heterocycles. The molecule has 1 saturated heterocycles. The summed E-state index contributed by atoms with van der Waals surface area (Å²) < 4.78 is 0. The summed E-state index contributed by atoms with van der Waals surface area (Å²) in [5, 5.41) is 12.3. The maximum absolute atomic E-state index is 11.8. The minimum Gasteiger partial charge on any atom is -0.477 e. The van der Waals surface area contributed by atoms with Crippen LogP contribution in [0.25, 0.3) is 0 Å². The van der Waals surface area contributed by atoms with E-state index in [4.69, 9.17) is 0 Å². The Morgan fingerprint density at radius 3 is 2.48 bits per heavy atom. The number of carbonyl (C=O) groups excluding carboxylic acids is 2. The summed E-state index contributed by atoms with van der Waals surface area (Å²) in [6.45, 7) is 2.48. The minimum absolute atomic E-state index is 0.00265. The Morgan fingerprint density at radius 1 is 1.30 bits per heavy atom. The lowest BCUT2D eigenvalue weighted by Gasteiger charge is -2.32. The van der Waals surface area contributed by atoms with Crippen molar-refractivity contribution in [3.05, 3.63) is 35.5 Å². The van der Waals surface area contributed by atoms with Crippen molar-refractivity contribution in [1.29, 1.82) is 0 Å². The number of thioether (sulfide) groups is 1. The maximum Gasteiger partial charge on any atom is 0.352 e. The van der Waals surface area contributed by atoms with Crippen LogP contribution in [0.1, 0.15) is 32.6 Å². The van der Waals surface area contributed by atoms with Crippen molar-refractivity contribution in [1.82, 2.24) is 4.90 Å². The third kappa shape index (κ3) is 6.04. The van der Waals surface area contributed by atoms with Crippen LogP contribution in [0.3, 0.4) is 0 Å². The smallest absolute Gasteiger partial charge is 0.352 e. The molecular weight excluding hydrogens is 384 g/mol. The molecule has 146 valence electrons. The van der Waals surface area contributed by atoms with Crippen molar-refractivity contribution < 1.29 is 19.5 Å². The number of likely N-dealkylation sites (tertiary alicyclic amines) is 1. The minimum atomic E-state index is -1.10. The van der Waals surface area contributed by atoms with Crippen LogP contribution in [-0.4, -0.2) is 45.8 Å². The van der Waals surface area contributed by atoms with Gasteiger partial charge in [0.2, 0.25) is 11.8 Å². The van der Waals surface area contributed by atoms with E-state index >= 15 is 0 Å². The van der Waals surface area contributed by atoms with E-state index in [-0.39, 0.29) is 23.3 Å². The first-order chi connectivity index (χ1) is 13.0. The molecule has 1 fully saturated rings. The molecule has 0 unspecified atom stereocenters. The first-order valence-electron chi connectivity index (χ1n) is 8.85.